The van der Waals surface area contributed by atoms with E-state index in [0.29, 0.717) is 0 Å². The first-order valence-electron chi connectivity index (χ1n) is 31.1. The highest BCUT2D eigenvalue weighted by Crippen LogP contribution is 2.35. The van der Waals surface area contributed by atoms with Crippen molar-refractivity contribution in [2.75, 3.05) is 0 Å². The Labute approximate surface area is 522 Å². The predicted octanol–water partition coefficient (Wildman–Crippen LogP) is 25.7. The van der Waals surface area contributed by atoms with Crippen molar-refractivity contribution >= 4 is 162 Å². The molecule has 0 aliphatic heterocycles. The Morgan fingerprint density at radius 2 is 0.222 bits per heavy atom. The van der Waals surface area contributed by atoms with Gasteiger partial charge >= 0.3 is 0 Å². The minimum atomic E-state index is 1.31. The van der Waals surface area contributed by atoms with Crippen LogP contribution in [0.25, 0.3) is 162 Å². The average Bonchev–Trinajstić information content (AvgIpc) is 1.38. The van der Waals surface area contributed by atoms with Gasteiger partial charge in [0.05, 0.1) is 0 Å². The minimum absolute atomic E-state index is 1.31. The van der Waals surface area contributed by atoms with Gasteiger partial charge in [-0.25, -0.2) is 0 Å². The maximum absolute atomic E-state index is 2.30. The fourth-order valence-electron chi connectivity index (χ4n) is 13.6. The van der Waals surface area contributed by atoms with Crippen LogP contribution in [0.15, 0.2) is 364 Å². The van der Waals surface area contributed by atoms with Crippen LogP contribution in [0.2, 0.25) is 0 Å². The molecule has 20 aromatic rings. The van der Waals surface area contributed by atoms with Crippen LogP contribution in [0.4, 0.5) is 0 Å². The Bertz CT molecular complexity index is 5290. The first-order valence-corrected chi connectivity index (χ1v) is 31.1. The summed E-state index contributed by atoms with van der Waals surface area (Å²) >= 11 is 0. The summed E-state index contributed by atoms with van der Waals surface area (Å²) in [6, 6.07) is 130. The highest BCUT2D eigenvalue weighted by molar-refractivity contribution is 6.18. The van der Waals surface area contributed by atoms with Crippen molar-refractivity contribution in [3.05, 3.63) is 364 Å². The standard InChI is InChI=1S/5C18H12/c1-3-7-15-13(5-1)9-11-18-16-8-4-2-6-14(16)10-12-17(15)18;4*1-2-7-15-12-18-16(11-14(15)6-1)10-9-13-5-3-4-8-17(13)18/h5*1-12H. The molecular formula is C90H60. The first kappa shape index (κ1) is 53.7. The van der Waals surface area contributed by atoms with Crippen molar-refractivity contribution in [2.24, 2.45) is 0 Å². The van der Waals surface area contributed by atoms with Crippen LogP contribution in [0.5, 0.6) is 0 Å². The van der Waals surface area contributed by atoms with Gasteiger partial charge in [-0.15, -0.1) is 0 Å². The van der Waals surface area contributed by atoms with Gasteiger partial charge in [0.1, 0.15) is 0 Å². The maximum atomic E-state index is 2.30. The highest BCUT2D eigenvalue weighted by Gasteiger charge is 2.08. The quantitative estimate of drug-likeness (QED) is 0.105. The second-order valence-corrected chi connectivity index (χ2v) is 23.5. The molecule has 0 aliphatic carbocycles. The number of rotatable bonds is 0. The summed E-state index contributed by atoms with van der Waals surface area (Å²) in [6.07, 6.45) is 0. The molecule has 0 aromatic heterocycles. The Hall–Kier alpha value is -11.7. The van der Waals surface area contributed by atoms with E-state index in [4.69, 9.17) is 0 Å². The molecule has 20 rings (SSSR count). The van der Waals surface area contributed by atoms with Crippen LogP contribution >= 0.6 is 0 Å². The third-order valence-corrected chi connectivity index (χ3v) is 18.1. The molecule has 90 heavy (non-hydrogen) atoms. The molecule has 0 atom stereocenters. The number of hydrogen-bond acceptors (Lipinski definition) is 0. The van der Waals surface area contributed by atoms with Crippen LogP contribution in [0.3, 0.4) is 0 Å². The molecule has 0 spiro atoms. The molecule has 0 bridgehead atoms. The molecule has 0 N–H and O–H groups in total. The molecule has 0 heterocycles. The average molecular weight is 1140 g/mol. The summed E-state index contributed by atoms with van der Waals surface area (Å²) in [5.41, 5.74) is 0. The lowest BCUT2D eigenvalue weighted by Gasteiger charge is -2.07. The summed E-state index contributed by atoms with van der Waals surface area (Å²) in [4.78, 5) is 0. The van der Waals surface area contributed by atoms with Gasteiger partial charge in [0.25, 0.3) is 0 Å². The zero-order chi connectivity index (χ0) is 59.7. The van der Waals surface area contributed by atoms with E-state index in [-0.39, 0.29) is 0 Å². The Kier molecular flexibility index (Phi) is 14.1. The smallest absolute Gasteiger partial charge is 0.00990 e. The van der Waals surface area contributed by atoms with Gasteiger partial charge in [-0.3, -0.25) is 0 Å². The molecule has 0 radical (unpaired) electrons. The number of benzene rings is 20. The van der Waals surface area contributed by atoms with Gasteiger partial charge in [0, 0.05) is 0 Å². The molecule has 0 saturated heterocycles. The van der Waals surface area contributed by atoms with Gasteiger partial charge in [-0.05, 0) is 210 Å². The molecule has 0 amide bonds. The lowest BCUT2D eigenvalue weighted by atomic mass is 9.97. The SMILES string of the molecule is c1ccc2c(c1)ccc1c3ccccc3ccc21.c1ccc2cc3c(ccc4ccccc43)cc2c1.c1ccc2cc3c(ccc4ccccc43)cc2c1.c1ccc2cc3c(ccc4ccccc43)cc2c1.c1ccc2cc3c(ccc4ccccc43)cc2c1. The summed E-state index contributed by atoms with van der Waals surface area (Å²) in [5.74, 6) is 0. The van der Waals surface area contributed by atoms with Gasteiger partial charge in [-0.2, -0.15) is 0 Å². The third kappa shape index (κ3) is 10.4. The zero-order valence-corrected chi connectivity index (χ0v) is 49.6. The molecule has 0 saturated carbocycles. The van der Waals surface area contributed by atoms with E-state index < -0.39 is 0 Å². The Morgan fingerprint density at radius 1 is 0.0778 bits per heavy atom. The lowest BCUT2D eigenvalue weighted by molar-refractivity contribution is 1.77. The molecular weight excluding hydrogens is 1080 g/mol. The Morgan fingerprint density at radius 3 is 0.433 bits per heavy atom. The van der Waals surface area contributed by atoms with Crippen molar-refractivity contribution in [1.29, 1.82) is 0 Å². The van der Waals surface area contributed by atoms with E-state index in [0.717, 1.165) is 0 Å². The normalized spacial score (nSPS) is 11.3. The van der Waals surface area contributed by atoms with Gasteiger partial charge in [-0.1, -0.05) is 315 Å². The minimum Gasteiger partial charge on any atom is -0.0616 e. The predicted molar refractivity (Wildman–Crippen MR) is 395 cm³/mol. The number of fused-ring (bicyclic) bond motifs is 21. The summed E-state index contributed by atoms with van der Waals surface area (Å²) < 4.78 is 0. The van der Waals surface area contributed by atoms with Crippen molar-refractivity contribution in [3.63, 3.8) is 0 Å². The van der Waals surface area contributed by atoms with Gasteiger partial charge < -0.3 is 0 Å². The van der Waals surface area contributed by atoms with Crippen molar-refractivity contribution < 1.29 is 0 Å². The van der Waals surface area contributed by atoms with Crippen LogP contribution in [-0.2, 0) is 0 Å². The Balaban J connectivity index is 0.0000000901. The lowest BCUT2D eigenvalue weighted by Crippen LogP contribution is -1.79. The van der Waals surface area contributed by atoms with E-state index in [1.807, 2.05) is 0 Å². The summed E-state index contributed by atoms with van der Waals surface area (Å²) in [5, 5.41) is 39.6. The number of hydrogen-bond donors (Lipinski definition) is 0. The van der Waals surface area contributed by atoms with E-state index in [2.05, 4.69) is 364 Å². The molecule has 0 heteroatoms. The van der Waals surface area contributed by atoms with Crippen LogP contribution in [-0.4, -0.2) is 0 Å². The first-order chi connectivity index (χ1) is 44.6. The third-order valence-electron chi connectivity index (χ3n) is 18.1. The molecule has 420 valence electrons. The van der Waals surface area contributed by atoms with Gasteiger partial charge in [0.2, 0.25) is 0 Å². The second kappa shape index (κ2) is 23.5. The van der Waals surface area contributed by atoms with Gasteiger partial charge in [0.15, 0.2) is 0 Å². The van der Waals surface area contributed by atoms with Crippen LogP contribution < -0.4 is 0 Å². The fourth-order valence-corrected chi connectivity index (χ4v) is 13.6. The largest absolute Gasteiger partial charge is 0.0616 e. The van der Waals surface area contributed by atoms with E-state index in [1.54, 1.807) is 0 Å². The second-order valence-electron chi connectivity index (χ2n) is 23.5. The van der Waals surface area contributed by atoms with E-state index in [9.17, 15) is 0 Å². The van der Waals surface area contributed by atoms with Crippen molar-refractivity contribution in [2.45, 2.75) is 0 Å². The molecule has 0 aliphatic rings. The monoisotopic (exact) mass is 1140 g/mol. The topological polar surface area (TPSA) is 0 Å². The van der Waals surface area contributed by atoms with Crippen LogP contribution in [0.1, 0.15) is 0 Å². The molecule has 0 unspecified atom stereocenters. The van der Waals surface area contributed by atoms with Crippen LogP contribution in [0, 0.1) is 0 Å². The molecule has 0 fully saturated rings. The van der Waals surface area contributed by atoms with Crippen molar-refractivity contribution in [1.82, 2.24) is 0 Å². The highest BCUT2D eigenvalue weighted by atomic mass is 14.1. The van der Waals surface area contributed by atoms with E-state index >= 15 is 0 Å². The maximum Gasteiger partial charge on any atom is -0.00990 e. The summed E-state index contributed by atoms with van der Waals surface area (Å²) in [7, 11) is 0. The zero-order valence-electron chi connectivity index (χ0n) is 49.6. The van der Waals surface area contributed by atoms with E-state index in [1.165, 1.54) is 162 Å². The molecule has 20 aromatic carbocycles. The van der Waals surface area contributed by atoms with Crippen molar-refractivity contribution in [3.8, 4) is 0 Å². The molecule has 0 nitrogen and oxygen atoms in total. The summed E-state index contributed by atoms with van der Waals surface area (Å²) in [6.45, 7) is 0. The fraction of sp³-hybridized carbons (Fsp3) is 0.